The van der Waals surface area contributed by atoms with Crippen molar-refractivity contribution in [1.82, 2.24) is 4.40 Å². The molecule has 0 unspecified atom stereocenters. The van der Waals surface area contributed by atoms with Gasteiger partial charge in [0.05, 0.1) is 33.6 Å². The van der Waals surface area contributed by atoms with Gasteiger partial charge in [0, 0.05) is 56.2 Å². The molecule has 0 saturated carbocycles. The largest absolute Gasteiger partial charge is 0.308 e. The third-order valence-electron chi connectivity index (χ3n) is 14.0. The highest BCUT2D eigenvalue weighted by Crippen LogP contribution is 2.55. The lowest BCUT2D eigenvalue weighted by Gasteiger charge is -2.28. The second-order valence-electron chi connectivity index (χ2n) is 19.4. The summed E-state index contributed by atoms with van der Waals surface area (Å²) in [5, 5.41) is 5.92. The minimum Gasteiger partial charge on any atom is -0.308 e. The number of rotatable bonds is 6. The number of halogens is 6. The van der Waals surface area contributed by atoms with Gasteiger partial charge >= 0.3 is 0 Å². The summed E-state index contributed by atoms with van der Waals surface area (Å²) in [6.07, 6.45) is 0. The highest BCUT2D eigenvalue weighted by atomic mass is 19.2. The van der Waals surface area contributed by atoms with Crippen molar-refractivity contribution in [2.45, 2.75) is 45.4 Å². The minimum absolute atomic E-state index is 0.117. The van der Waals surface area contributed by atoms with E-state index in [1.165, 1.54) is 48.5 Å². The Morgan fingerprint density at radius 1 is 0.441 bits per heavy atom. The first kappa shape index (κ1) is 41.6. The van der Waals surface area contributed by atoms with Gasteiger partial charge in [-0.25, -0.2) is 26.3 Å². The number of aromatic nitrogens is 1. The van der Waals surface area contributed by atoms with Crippen LogP contribution in [0, 0.1) is 34.9 Å². The molecule has 0 amide bonds. The SMILES string of the molecule is CC(C)(C)c1ccc2c(c1)c1c(N(c3ccc(F)cc3)c3ccc(F)cc3F)ccc3c4cc5c6c(ccc5cc4n2c31)-c1ccc(N(c2ccc(F)cc2)c2ccc(F)cc2F)cc1C6(C)C. The summed E-state index contributed by atoms with van der Waals surface area (Å²) < 4.78 is 91.4. The molecule has 2 aromatic heterocycles. The summed E-state index contributed by atoms with van der Waals surface area (Å²) in [5.41, 5.74) is 10.0. The van der Waals surface area contributed by atoms with E-state index in [0.717, 1.165) is 88.8 Å². The number of anilines is 6. The van der Waals surface area contributed by atoms with Crippen LogP contribution in [0.5, 0.6) is 0 Å². The molecule has 0 bridgehead atoms. The lowest BCUT2D eigenvalue weighted by molar-refractivity contribution is 0.583. The first-order chi connectivity index (χ1) is 32.6. The zero-order chi connectivity index (χ0) is 47.1. The van der Waals surface area contributed by atoms with Gasteiger partial charge in [0.2, 0.25) is 0 Å². The van der Waals surface area contributed by atoms with Crippen molar-refractivity contribution in [3.05, 3.63) is 209 Å². The molecule has 0 fully saturated rings. The van der Waals surface area contributed by atoms with Crippen LogP contribution in [-0.2, 0) is 10.8 Å². The van der Waals surface area contributed by atoms with Gasteiger partial charge in [-0.1, -0.05) is 65.0 Å². The fraction of sp³-hybridized carbons (Fsp3) is 0.119. The molecule has 0 aliphatic heterocycles. The summed E-state index contributed by atoms with van der Waals surface area (Å²) in [7, 11) is 0. The lowest BCUT2D eigenvalue weighted by Crippen LogP contribution is -2.17. The van der Waals surface area contributed by atoms with Crippen LogP contribution < -0.4 is 9.80 Å². The third-order valence-corrected chi connectivity index (χ3v) is 14.0. The molecule has 1 aliphatic rings. The Kier molecular flexibility index (Phi) is 8.94. The predicted octanol–water partition coefficient (Wildman–Crippen LogP) is 17.4. The molecule has 68 heavy (non-hydrogen) atoms. The predicted molar refractivity (Wildman–Crippen MR) is 264 cm³/mol. The van der Waals surface area contributed by atoms with E-state index in [2.05, 4.69) is 87.6 Å². The second-order valence-corrected chi connectivity index (χ2v) is 19.4. The van der Waals surface area contributed by atoms with Gasteiger partial charge < -0.3 is 14.2 Å². The van der Waals surface area contributed by atoms with Crippen molar-refractivity contribution in [2.24, 2.45) is 0 Å². The molecule has 334 valence electrons. The van der Waals surface area contributed by atoms with Gasteiger partial charge in [-0.05, 0) is 159 Å². The van der Waals surface area contributed by atoms with E-state index >= 15 is 8.78 Å². The van der Waals surface area contributed by atoms with Crippen molar-refractivity contribution in [3.63, 3.8) is 0 Å². The zero-order valence-electron chi connectivity index (χ0n) is 37.6. The molecule has 0 spiro atoms. The fourth-order valence-electron chi connectivity index (χ4n) is 10.8. The number of nitrogens with zero attached hydrogens (tertiary/aromatic N) is 3. The highest BCUT2D eigenvalue weighted by molar-refractivity contribution is 6.28. The molecule has 0 saturated heterocycles. The van der Waals surface area contributed by atoms with Crippen LogP contribution in [0.4, 0.5) is 60.5 Å². The summed E-state index contributed by atoms with van der Waals surface area (Å²) in [5.74, 6) is -3.79. The molecular formula is C59H41F6N3. The van der Waals surface area contributed by atoms with E-state index in [1.807, 2.05) is 24.3 Å². The number of hydrogen-bond donors (Lipinski definition) is 0. The van der Waals surface area contributed by atoms with E-state index in [9.17, 15) is 17.6 Å². The Morgan fingerprint density at radius 2 is 1.01 bits per heavy atom. The lowest BCUT2D eigenvalue weighted by atomic mass is 9.80. The number of fused-ring (bicyclic) bond motifs is 11. The molecule has 9 aromatic carbocycles. The average molecular weight is 906 g/mol. The molecule has 2 heterocycles. The van der Waals surface area contributed by atoms with Crippen LogP contribution in [0.1, 0.15) is 51.3 Å². The molecule has 1 aliphatic carbocycles. The summed E-state index contributed by atoms with van der Waals surface area (Å²) in [4.78, 5) is 3.42. The van der Waals surface area contributed by atoms with Crippen LogP contribution in [0.2, 0.25) is 0 Å². The average Bonchev–Trinajstić information content (AvgIpc) is 3.90. The van der Waals surface area contributed by atoms with Crippen molar-refractivity contribution < 1.29 is 26.3 Å². The summed E-state index contributed by atoms with van der Waals surface area (Å²) in [6.45, 7) is 10.9. The standard InChI is InChI=1S/C59H41F6N3/c1-58(2,3)33-7-22-50-46(27-33)55-53(67(39-16-10-35(61)11-17-39)52-24-13-37(63)29-49(52)65)25-21-43-45-31-44-32(26-54(45)68(50)57(43)55)6-19-42-41-20-18-40(30-47(41)59(4,5)56(42)44)66(38-14-8-34(60)9-15-38)51-23-12-36(62)28-48(51)64/h6-31H,1-5H3. The fourth-order valence-corrected chi connectivity index (χ4v) is 10.8. The molecule has 11 aromatic rings. The zero-order valence-corrected chi connectivity index (χ0v) is 37.6. The van der Waals surface area contributed by atoms with Crippen LogP contribution >= 0.6 is 0 Å². The van der Waals surface area contributed by atoms with E-state index < -0.39 is 40.3 Å². The Labute approximate surface area is 388 Å². The maximum atomic E-state index is 16.1. The van der Waals surface area contributed by atoms with Gasteiger partial charge in [-0.3, -0.25) is 0 Å². The summed E-state index contributed by atoms with van der Waals surface area (Å²) in [6, 6.07) is 44.0. The smallest absolute Gasteiger partial charge is 0.150 e. The van der Waals surface area contributed by atoms with E-state index in [-0.39, 0.29) is 16.8 Å². The van der Waals surface area contributed by atoms with Crippen molar-refractivity contribution in [1.29, 1.82) is 0 Å². The molecule has 3 nitrogen and oxygen atoms in total. The second kappa shape index (κ2) is 14.6. The Hall–Kier alpha value is -7.78. The molecule has 12 rings (SSSR count). The van der Waals surface area contributed by atoms with Gasteiger partial charge in [-0.2, -0.15) is 0 Å². The van der Waals surface area contributed by atoms with E-state index in [1.54, 1.807) is 34.1 Å². The van der Waals surface area contributed by atoms with Gasteiger partial charge in [0.1, 0.15) is 34.9 Å². The normalized spacial score (nSPS) is 13.3. The Balaban J connectivity index is 1.09. The number of benzene rings is 9. The first-order valence-corrected chi connectivity index (χ1v) is 22.5. The topological polar surface area (TPSA) is 10.9 Å². The molecule has 0 atom stereocenters. The van der Waals surface area contributed by atoms with Crippen molar-refractivity contribution >= 4 is 83.0 Å². The maximum Gasteiger partial charge on any atom is 0.150 e. The van der Waals surface area contributed by atoms with Crippen molar-refractivity contribution in [2.75, 3.05) is 9.80 Å². The van der Waals surface area contributed by atoms with Crippen LogP contribution in [0.3, 0.4) is 0 Å². The van der Waals surface area contributed by atoms with Crippen LogP contribution in [0.25, 0.3) is 60.0 Å². The highest BCUT2D eigenvalue weighted by Gasteiger charge is 2.38. The molecule has 0 N–H and O–H groups in total. The number of hydrogen-bond acceptors (Lipinski definition) is 2. The van der Waals surface area contributed by atoms with Crippen LogP contribution in [0.15, 0.2) is 158 Å². The van der Waals surface area contributed by atoms with E-state index in [0.29, 0.717) is 22.7 Å². The quantitative estimate of drug-likeness (QED) is 0.154. The van der Waals surface area contributed by atoms with Gasteiger partial charge in [-0.15, -0.1) is 0 Å². The maximum absolute atomic E-state index is 16.1. The minimum atomic E-state index is -0.759. The Morgan fingerprint density at radius 3 is 1.65 bits per heavy atom. The van der Waals surface area contributed by atoms with Gasteiger partial charge in [0.15, 0.2) is 0 Å². The van der Waals surface area contributed by atoms with Crippen LogP contribution in [-0.4, -0.2) is 4.40 Å². The molecule has 0 radical (unpaired) electrons. The molecular weight excluding hydrogens is 865 g/mol. The third kappa shape index (κ3) is 6.14. The monoisotopic (exact) mass is 905 g/mol. The van der Waals surface area contributed by atoms with E-state index in [4.69, 9.17) is 0 Å². The summed E-state index contributed by atoms with van der Waals surface area (Å²) >= 11 is 0. The Bertz CT molecular complexity index is 3880. The van der Waals surface area contributed by atoms with Crippen molar-refractivity contribution in [3.8, 4) is 11.1 Å². The first-order valence-electron chi connectivity index (χ1n) is 22.5. The molecule has 9 heteroatoms. The van der Waals surface area contributed by atoms with Gasteiger partial charge in [0.25, 0.3) is 0 Å².